The minimum Gasteiger partial charge on any atom is -0.491 e. The summed E-state index contributed by atoms with van der Waals surface area (Å²) in [7, 11) is 4.86. The molecule has 30 heteroatoms. The van der Waals surface area contributed by atoms with Crippen LogP contribution >= 0.6 is 11.6 Å². The summed E-state index contributed by atoms with van der Waals surface area (Å²) in [4.78, 5) is 70.4. The summed E-state index contributed by atoms with van der Waals surface area (Å²) in [6.07, 6.45) is 25.8. The van der Waals surface area contributed by atoms with Gasteiger partial charge in [0.2, 0.25) is 5.88 Å². The molecule has 138 heavy (non-hydrogen) atoms. The maximum Gasteiger partial charge on any atom is 0.316 e. The number of methoxy groups -OCH3 is 3. The zero-order chi connectivity index (χ0) is 98.0. The number of hydrogen-bond acceptors (Lipinski definition) is 28. The van der Waals surface area contributed by atoms with Crippen molar-refractivity contribution >= 4 is 22.5 Å². The standard InChI is InChI=1S/C19H25N3.C16H24FN3O.C16H25N3O2.C15H22ClN3.C15H24N4O.C14H23N3O.C13H20N4/c1-19(2,3)21-12-16-10-17(13-21)22(16)11-14-6-7-18-15(9-14)5-4-8-20-18;1-4-21-16-15(17)5-12(7-18-16)8-20-13-6-14(20)10-19(9-13)11(2)3;1-11(2)18-9-13-6-14(10-18)19(13)8-12-5-15(20-3)16(21-4)17-7-12;1-15(2,3)18-9-13-6-14(10-18)19(13)8-12-5-4-11(16)7-17-12;1-15(2,3)18-9-12-5-13(10-18)19(12)8-11-6-16-14(20-4)17-7-11;1-10-5-11(15-18-10)7-17-12-6-13(17)9-16(8-12)14(2,3)4;1-10(2)16-8-12-5-13(9-16)17(12)7-11-6-14-3-4-15-11/h4-9,16-17H,10-13H2,1-3H3;5,7,11,13-14H,4,6,8-10H2,1-3H3;5,7,11,13-14H,6,8-10H2,1-4H3;4-5,7,13-14H,6,8-10H2,1-3H3;6-7,12-13H,5,8-10H2,1-4H3;5,12-13H,6-9H2,1-4H3;3-4,6,10,12-13H,5,7-9H2,1-2H3. The number of pyridine rings is 4. The minimum atomic E-state index is -0.358. The van der Waals surface area contributed by atoms with Crippen molar-refractivity contribution in [1.29, 1.82) is 0 Å². The van der Waals surface area contributed by atoms with E-state index >= 15 is 0 Å². The predicted octanol–water partition coefficient (Wildman–Crippen LogP) is 14.9. The topological polar surface area (TPSA) is 211 Å². The van der Waals surface area contributed by atoms with E-state index < -0.39 is 0 Å². The summed E-state index contributed by atoms with van der Waals surface area (Å²) in [5.41, 5.74) is 10.3. The van der Waals surface area contributed by atoms with Gasteiger partial charge >= 0.3 is 6.01 Å². The highest BCUT2D eigenvalue weighted by molar-refractivity contribution is 6.30. The molecule has 17 fully saturated rings. The van der Waals surface area contributed by atoms with Crippen LogP contribution in [0, 0.1) is 12.7 Å². The average Bonchev–Trinajstić information content (AvgIpc) is 1.26. The Hall–Kier alpha value is -7.69. The van der Waals surface area contributed by atoms with Gasteiger partial charge in [0.05, 0.1) is 55.6 Å². The normalized spacial score (nSPS) is 27.3. The van der Waals surface area contributed by atoms with Gasteiger partial charge in [-0.15, -0.1) is 0 Å². The largest absolute Gasteiger partial charge is 0.491 e. The van der Waals surface area contributed by atoms with Gasteiger partial charge in [-0.1, -0.05) is 28.9 Å². The molecular formula is C108H163ClFN23O5. The molecule has 0 spiro atoms. The molecule has 17 saturated heterocycles. The number of benzene rings is 1. The smallest absolute Gasteiger partial charge is 0.316 e. The maximum atomic E-state index is 13.9. The van der Waals surface area contributed by atoms with Crippen LogP contribution in [0.4, 0.5) is 4.39 Å². The second-order valence-corrected chi connectivity index (χ2v) is 46.7. The molecular weight excluding hydrogens is 1750 g/mol. The summed E-state index contributed by atoms with van der Waals surface area (Å²) in [5.74, 6) is 1.92. The zero-order valence-corrected chi connectivity index (χ0v) is 88.1. The Morgan fingerprint density at radius 3 is 1.14 bits per heavy atom. The first-order chi connectivity index (χ1) is 65.8. The van der Waals surface area contributed by atoms with E-state index in [0.717, 1.165) is 117 Å². The first-order valence-corrected chi connectivity index (χ1v) is 52.0. The number of nitrogens with zero attached hydrogens (tertiary/aromatic N) is 23. The lowest BCUT2D eigenvalue weighted by Crippen LogP contribution is -2.70. The van der Waals surface area contributed by atoms with E-state index in [1.807, 2.05) is 69.1 Å². The van der Waals surface area contributed by atoms with E-state index in [1.165, 1.54) is 146 Å². The van der Waals surface area contributed by atoms with Crippen LogP contribution in [-0.2, 0) is 45.8 Å². The van der Waals surface area contributed by atoms with E-state index in [1.54, 1.807) is 52.2 Å². The number of hydrogen-bond donors (Lipinski definition) is 0. The van der Waals surface area contributed by atoms with Crippen molar-refractivity contribution < 1.29 is 27.9 Å². The molecule has 0 amide bonds. The van der Waals surface area contributed by atoms with Gasteiger partial charge in [-0.2, -0.15) is 0 Å². The molecule has 17 aliphatic rings. The Morgan fingerprint density at radius 1 is 0.377 bits per heavy atom. The number of piperazine rings is 7. The Morgan fingerprint density at radius 2 is 0.775 bits per heavy atom. The number of aryl methyl sites for hydroxylation is 1. The van der Waals surface area contributed by atoms with Gasteiger partial charge in [-0.3, -0.25) is 88.5 Å². The third kappa shape index (κ3) is 25.0. The van der Waals surface area contributed by atoms with Gasteiger partial charge in [-0.05, 0) is 243 Å². The number of likely N-dealkylation sites (tertiary alicyclic amines) is 8. The van der Waals surface area contributed by atoms with Crippen molar-refractivity contribution in [3.8, 4) is 23.5 Å². The third-order valence-electron chi connectivity index (χ3n) is 32.0. The van der Waals surface area contributed by atoms with Crippen LogP contribution in [0.25, 0.3) is 10.9 Å². The fourth-order valence-corrected chi connectivity index (χ4v) is 23.5. The average molecular weight is 1920 g/mol. The molecule has 7 aromatic heterocycles. The summed E-state index contributed by atoms with van der Waals surface area (Å²) >= 11 is 5.88. The SMILES string of the molecule is CC(C)(C)N1CC2CC(C1)N2Cc1ccc(Cl)cn1.CC(C)(C)N1CC2CC(C1)N2Cc1ccc2ncccc2c1.CC(C)N1CC2CC(C1)N2Cc1cnccn1.CCOc1ncc(CN2C3CC2CN(C(C)C)C3)cc1F.COc1cc(CN2C3CC2CN(C(C)C)C3)cnc1OC.COc1ncc(CN2C3CC2CN(C(C)(C)C)C3)cn1.Cc1cc(CN2C3CC2CN(C(C)(C)C)C3)no1. The molecule has 0 radical (unpaired) electrons. The molecule has 0 aliphatic carbocycles. The fraction of sp³-hybridized carbons (Fsp3) is 0.676. The first-order valence-electron chi connectivity index (χ1n) is 51.6. The van der Waals surface area contributed by atoms with Gasteiger partial charge in [0.15, 0.2) is 11.6 Å². The van der Waals surface area contributed by atoms with Crippen LogP contribution in [-0.4, -0.2) is 358 Å². The number of aromatic nitrogens is 9. The molecule has 28 nitrogen and oxygen atoms in total. The van der Waals surface area contributed by atoms with Crippen LogP contribution in [0.15, 0.2) is 121 Å². The maximum absolute atomic E-state index is 13.9. The highest BCUT2D eigenvalue weighted by Gasteiger charge is 2.53. The number of halogens is 2. The molecule has 1 aromatic carbocycles. The van der Waals surface area contributed by atoms with E-state index in [0.29, 0.717) is 124 Å². The second kappa shape index (κ2) is 44.3. The van der Waals surface area contributed by atoms with Gasteiger partial charge in [0.1, 0.15) is 5.76 Å². The number of fused-ring (bicyclic) bond motifs is 15. The van der Waals surface area contributed by atoms with Gasteiger partial charge in [0.25, 0.3) is 5.88 Å². The van der Waals surface area contributed by atoms with Crippen LogP contribution in [0.3, 0.4) is 0 Å². The lowest BCUT2D eigenvalue weighted by molar-refractivity contribution is -0.100. The number of piperidine rings is 7. The van der Waals surface area contributed by atoms with Crippen molar-refractivity contribution in [3.63, 3.8) is 0 Å². The quantitative estimate of drug-likeness (QED) is 0.0617. The fourth-order valence-electron chi connectivity index (χ4n) is 23.4. The van der Waals surface area contributed by atoms with Crippen molar-refractivity contribution in [2.75, 3.05) is 120 Å². The van der Waals surface area contributed by atoms with E-state index in [-0.39, 0.29) is 17.2 Å². The second-order valence-electron chi connectivity index (χ2n) is 46.3. The van der Waals surface area contributed by atoms with Crippen LogP contribution < -0.4 is 18.9 Å². The summed E-state index contributed by atoms with van der Waals surface area (Å²) in [5, 5.41) is 6.07. The molecule has 0 saturated carbocycles. The molecule has 754 valence electrons. The Balaban J connectivity index is 0.000000117. The summed E-state index contributed by atoms with van der Waals surface area (Å²) in [6, 6.07) is 32.6. The van der Waals surface area contributed by atoms with Crippen molar-refractivity contribution in [1.82, 2.24) is 114 Å². The molecule has 17 aliphatic heterocycles. The van der Waals surface area contributed by atoms with Gasteiger partial charge in [-0.25, -0.2) is 24.3 Å². The van der Waals surface area contributed by atoms with E-state index in [4.69, 9.17) is 35.1 Å². The Kier molecular flexibility index (Phi) is 33.1. The number of ether oxygens (including phenoxy) is 4. The minimum absolute atomic E-state index is 0.107. The van der Waals surface area contributed by atoms with Crippen molar-refractivity contribution in [2.24, 2.45) is 0 Å². The Bertz CT molecular complexity index is 5150. The van der Waals surface area contributed by atoms with Crippen LogP contribution in [0.2, 0.25) is 5.02 Å². The molecule has 24 heterocycles. The van der Waals surface area contributed by atoms with Crippen LogP contribution in [0.5, 0.6) is 23.5 Å². The van der Waals surface area contributed by atoms with Gasteiger partial charge in [0, 0.05) is 335 Å². The lowest BCUT2D eigenvalue weighted by Gasteiger charge is -2.59. The predicted molar refractivity (Wildman–Crippen MR) is 545 cm³/mol. The highest BCUT2D eigenvalue weighted by Crippen LogP contribution is 2.44. The highest BCUT2D eigenvalue weighted by atomic mass is 35.5. The summed E-state index contributed by atoms with van der Waals surface area (Å²) < 4.78 is 39.7. The third-order valence-corrected chi connectivity index (χ3v) is 32.2. The number of rotatable bonds is 22. The molecule has 14 unspecified atom stereocenters. The van der Waals surface area contributed by atoms with Crippen LogP contribution in [0.1, 0.15) is 222 Å². The molecule has 8 aromatic rings. The van der Waals surface area contributed by atoms with E-state index in [2.05, 4.69) is 269 Å². The zero-order valence-electron chi connectivity index (χ0n) is 87.4. The molecule has 25 rings (SSSR count). The molecule has 14 bridgehead atoms. The van der Waals surface area contributed by atoms with Gasteiger partial charge < -0.3 is 23.5 Å². The van der Waals surface area contributed by atoms with Crippen molar-refractivity contribution in [3.05, 3.63) is 172 Å². The van der Waals surface area contributed by atoms with E-state index in [9.17, 15) is 4.39 Å². The molecule has 0 N–H and O–H groups in total. The lowest BCUT2D eigenvalue weighted by atomic mass is 9.84. The monoisotopic (exact) mass is 1920 g/mol. The Labute approximate surface area is 828 Å². The molecule has 14 atom stereocenters. The van der Waals surface area contributed by atoms with Crippen molar-refractivity contribution in [2.45, 2.75) is 354 Å². The first kappa shape index (κ1) is 103. The summed E-state index contributed by atoms with van der Waals surface area (Å²) in [6.45, 7) is 68.9.